The lowest BCUT2D eigenvalue weighted by Gasteiger charge is -2.36. The number of rotatable bonds is 9. The lowest BCUT2D eigenvalue weighted by atomic mass is 10.0. The van der Waals surface area contributed by atoms with Crippen molar-refractivity contribution in [1.29, 1.82) is 0 Å². The summed E-state index contributed by atoms with van der Waals surface area (Å²) >= 11 is 0. The van der Waals surface area contributed by atoms with E-state index in [4.69, 9.17) is 4.74 Å². The smallest absolute Gasteiger partial charge is 0.225 e. The molecule has 8 heteroatoms. The number of methoxy groups -OCH3 is 1. The maximum Gasteiger partial charge on any atom is 0.225 e. The highest BCUT2D eigenvalue weighted by atomic mass is 32.2. The monoisotopic (exact) mass is 486 g/mol. The SMILES string of the molecule is COc1cc(C)c(S(=O)N(C)CCC(=O)Nc2ccc(N3CCC(N(C)C)CC3)cc2)c(C)c1. The Kier molecular flexibility index (Phi) is 9.10. The normalized spacial score (nSPS) is 15.6. The number of carbonyl (C=O) groups is 1. The zero-order valence-electron chi connectivity index (χ0n) is 21.3. The number of ether oxygens (including phenoxy) is 1. The van der Waals surface area contributed by atoms with Gasteiger partial charge >= 0.3 is 0 Å². The Morgan fingerprint density at radius 1 is 1.09 bits per heavy atom. The van der Waals surface area contributed by atoms with Crippen LogP contribution in [0, 0.1) is 13.8 Å². The van der Waals surface area contributed by atoms with Crippen LogP contribution in [0.4, 0.5) is 11.4 Å². The van der Waals surface area contributed by atoms with Gasteiger partial charge in [0, 0.05) is 50.5 Å². The maximum atomic E-state index is 13.1. The Morgan fingerprint density at radius 2 is 1.68 bits per heavy atom. The van der Waals surface area contributed by atoms with E-state index in [2.05, 4.69) is 41.3 Å². The molecule has 1 N–H and O–H groups in total. The van der Waals surface area contributed by atoms with E-state index in [0.717, 1.165) is 53.4 Å². The fraction of sp³-hybridized carbons (Fsp3) is 0.500. The molecule has 0 aromatic heterocycles. The Balaban J connectivity index is 1.50. The summed E-state index contributed by atoms with van der Waals surface area (Å²) in [5.41, 5.74) is 3.80. The first-order valence-electron chi connectivity index (χ1n) is 11.8. The summed E-state index contributed by atoms with van der Waals surface area (Å²) in [6, 6.07) is 12.5. The number of benzene rings is 2. The molecule has 2 aromatic rings. The average Bonchev–Trinajstić information content (AvgIpc) is 2.82. The molecular formula is C26H38N4O3S. The third-order valence-corrected chi connectivity index (χ3v) is 8.23. The van der Waals surface area contributed by atoms with E-state index in [9.17, 15) is 9.00 Å². The Morgan fingerprint density at radius 3 is 2.21 bits per heavy atom. The van der Waals surface area contributed by atoms with Crippen molar-refractivity contribution >= 4 is 28.3 Å². The van der Waals surface area contributed by atoms with Crippen molar-refractivity contribution in [3.05, 3.63) is 47.5 Å². The third kappa shape index (κ3) is 6.58. The molecule has 1 aliphatic rings. The first-order valence-corrected chi connectivity index (χ1v) is 12.9. The van der Waals surface area contributed by atoms with Gasteiger partial charge < -0.3 is 19.9 Å². The van der Waals surface area contributed by atoms with Gasteiger partial charge in [-0.2, -0.15) is 0 Å². The number of carbonyl (C=O) groups excluding carboxylic acids is 1. The van der Waals surface area contributed by atoms with Gasteiger partial charge in [-0.15, -0.1) is 0 Å². The number of piperidine rings is 1. The van der Waals surface area contributed by atoms with E-state index in [-0.39, 0.29) is 12.3 Å². The zero-order valence-corrected chi connectivity index (χ0v) is 22.1. The van der Waals surface area contributed by atoms with Crippen molar-refractivity contribution in [2.24, 2.45) is 0 Å². The third-order valence-electron chi connectivity index (χ3n) is 6.49. The van der Waals surface area contributed by atoms with Gasteiger partial charge in [-0.25, -0.2) is 8.51 Å². The fourth-order valence-electron chi connectivity index (χ4n) is 4.42. The lowest BCUT2D eigenvalue weighted by molar-refractivity contribution is -0.116. The average molecular weight is 487 g/mol. The molecule has 34 heavy (non-hydrogen) atoms. The van der Waals surface area contributed by atoms with Crippen LogP contribution in [-0.2, 0) is 15.8 Å². The predicted octanol–water partition coefficient (Wildman–Crippen LogP) is 3.83. The molecule has 1 atom stereocenters. The highest BCUT2D eigenvalue weighted by Crippen LogP contribution is 2.26. The number of amides is 1. The van der Waals surface area contributed by atoms with Gasteiger partial charge in [0.2, 0.25) is 5.91 Å². The van der Waals surface area contributed by atoms with E-state index < -0.39 is 11.0 Å². The first kappa shape index (κ1) is 26.2. The Labute approximate surface area is 206 Å². The second kappa shape index (κ2) is 11.8. The number of nitrogens with one attached hydrogen (secondary N) is 1. The van der Waals surface area contributed by atoms with Crippen LogP contribution in [0.1, 0.15) is 30.4 Å². The standard InChI is InChI=1S/C26H38N4O3S/c1-19-17-24(33-6)18-20(2)26(19)34(32)29(5)14-13-25(31)27-21-7-9-23(10-8-21)30-15-11-22(12-16-30)28(3)4/h7-10,17-18,22H,11-16H2,1-6H3,(H,27,31). The molecule has 2 aromatic carbocycles. The first-order chi connectivity index (χ1) is 16.2. The highest BCUT2D eigenvalue weighted by Gasteiger charge is 2.21. The van der Waals surface area contributed by atoms with E-state index in [1.165, 1.54) is 5.69 Å². The number of hydrogen-bond donors (Lipinski definition) is 1. The van der Waals surface area contributed by atoms with Gasteiger partial charge in [-0.1, -0.05) is 0 Å². The Bertz CT molecular complexity index is 979. The van der Waals surface area contributed by atoms with Crippen molar-refractivity contribution in [1.82, 2.24) is 9.21 Å². The van der Waals surface area contributed by atoms with Crippen molar-refractivity contribution in [2.75, 3.05) is 58.1 Å². The van der Waals surface area contributed by atoms with Gasteiger partial charge in [-0.05, 0) is 88.3 Å². The van der Waals surface area contributed by atoms with Crippen molar-refractivity contribution < 1.29 is 13.7 Å². The Hall–Kier alpha value is -2.42. The molecule has 1 unspecified atom stereocenters. The molecule has 1 fully saturated rings. The number of aryl methyl sites for hydroxylation is 2. The molecule has 0 spiro atoms. The minimum atomic E-state index is -1.35. The van der Waals surface area contributed by atoms with Crippen LogP contribution in [0.5, 0.6) is 5.75 Å². The van der Waals surface area contributed by atoms with Gasteiger partial charge in [0.1, 0.15) is 16.7 Å². The number of nitrogens with zero attached hydrogens (tertiary/aromatic N) is 3. The number of hydrogen-bond acceptors (Lipinski definition) is 5. The van der Waals surface area contributed by atoms with E-state index >= 15 is 0 Å². The predicted molar refractivity (Wildman–Crippen MR) is 140 cm³/mol. The summed E-state index contributed by atoms with van der Waals surface area (Å²) in [6.07, 6.45) is 2.59. The minimum Gasteiger partial charge on any atom is -0.497 e. The van der Waals surface area contributed by atoms with E-state index in [1.807, 2.05) is 38.1 Å². The molecular weight excluding hydrogens is 448 g/mol. The van der Waals surface area contributed by atoms with E-state index in [0.29, 0.717) is 12.6 Å². The summed E-state index contributed by atoms with van der Waals surface area (Å²) < 4.78 is 20.1. The van der Waals surface area contributed by atoms with Crippen LogP contribution in [0.15, 0.2) is 41.3 Å². The maximum absolute atomic E-state index is 13.1. The summed E-state index contributed by atoms with van der Waals surface area (Å²) in [4.78, 5) is 18.0. The summed E-state index contributed by atoms with van der Waals surface area (Å²) in [5.74, 6) is 0.661. The minimum absolute atomic E-state index is 0.0911. The van der Waals surface area contributed by atoms with Crippen LogP contribution in [0.3, 0.4) is 0 Å². The second-order valence-corrected chi connectivity index (χ2v) is 10.7. The zero-order chi connectivity index (χ0) is 24.8. The molecule has 1 saturated heterocycles. The van der Waals surface area contributed by atoms with Crippen LogP contribution < -0.4 is 15.0 Å². The van der Waals surface area contributed by atoms with Crippen molar-refractivity contribution in [2.45, 2.75) is 44.0 Å². The fourth-order valence-corrected chi connectivity index (χ4v) is 5.66. The highest BCUT2D eigenvalue weighted by molar-refractivity contribution is 7.82. The molecule has 0 radical (unpaired) electrons. The molecule has 0 saturated carbocycles. The van der Waals surface area contributed by atoms with Crippen molar-refractivity contribution in [3.63, 3.8) is 0 Å². The molecule has 1 amide bonds. The molecule has 186 valence electrons. The van der Waals surface area contributed by atoms with Gasteiger partial charge in [0.25, 0.3) is 0 Å². The largest absolute Gasteiger partial charge is 0.497 e. The quantitative estimate of drug-likeness (QED) is 0.584. The summed E-state index contributed by atoms with van der Waals surface area (Å²) in [6.45, 7) is 6.34. The summed E-state index contributed by atoms with van der Waals surface area (Å²) in [5, 5.41) is 2.96. The van der Waals surface area contributed by atoms with E-state index in [1.54, 1.807) is 18.5 Å². The van der Waals surface area contributed by atoms with Gasteiger partial charge in [-0.3, -0.25) is 4.79 Å². The molecule has 3 rings (SSSR count). The molecule has 7 nitrogen and oxygen atoms in total. The molecule has 0 aliphatic carbocycles. The number of anilines is 2. The molecule has 1 heterocycles. The topological polar surface area (TPSA) is 65.1 Å². The van der Waals surface area contributed by atoms with Crippen LogP contribution >= 0.6 is 0 Å². The molecule has 0 bridgehead atoms. The second-order valence-electron chi connectivity index (χ2n) is 9.22. The van der Waals surface area contributed by atoms with Crippen molar-refractivity contribution in [3.8, 4) is 5.75 Å². The molecule has 1 aliphatic heterocycles. The van der Waals surface area contributed by atoms with Gasteiger partial charge in [0.05, 0.1) is 12.0 Å². The van der Waals surface area contributed by atoms with Crippen LogP contribution in [-0.4, -0.2) is 73.3 Å². The van der Waals surface area contributed by atoms with Crippen LogP contribution in [0.2, 0.25) is 0 Å². The summed E-state index contributed by atoms with van der Waals surface area (Å²) in [7, 11) is 6.35. The lowest BCUT2D eigenvalue weighted by Crippen LogP contribution is -2.41. The van der Waals surface area contributed by atoms with Gasteiger partial charge in [0.15, 0.2) is 0 Å². The van der Waals surface area contributed by atoms with Crippen LogP contribution in [0.25, 0.3) is 0 Å².